The molecular formula is C16H20N6. The predicted octanol–water partition coefficient (Wildman–Crippen LogP) is 2.67. The Balaban J connectivity index is 1.69. The number of fused-ring (bicyclic) bond motifs is 1. The summed E-state index contributed by atoms with van der Waals surface area (Å²) in [5.41, 5.74) is 2.85. The van der Waals surface area contributed by atoms with Crippen molar-refractivity contribution in [1.29, 1.82) is 0 Å². The summed E-state index contributed by atoms with van der Waals surface area (Å²) in [5, 5.41) is 11.7. The quantitative estimate of drug-likeness (QED) is 0.757. The number of aryl methyl sites for hydroxylation is 2. The van der Waals surface area contributed by atoms with Gasteiger partial charge in [0.05, 0.1) is 0 Å². The molecule has 0 aliphatic heterocycles. The SMILES string of the molecule is CCn1nnc2c(N[C@@H](C)CCc3ccccc3)ncnc21. The van der Waals surface area contributed by atoms with E-state index in [0.29, 0.717) is 6.04 Å². The molecule has 2 heterocycles. The first-order chi connectivity index (χ1) is 10.8. The van der Waals surface area contributed by atoms with Gasteiger partial charge in [0, 0.05) is 12.6 Å². The molecule has 6 nitrogen and oxygen atoms in total. The van der Waals surface area contributed by atoms with Crippen molar-refractivity contribution in [1.82, 2.24) is 25.0 Å². The average Bonchev–Trinajstić information content (AvgIpc) is 2.98. The fourth-order valence-electron chi connectivity index (χ4n) is 2.44. The van der Waals surface area contributed by atoms with Crippen LogP contribution in [0.4, 0.5) is 5.82 Å². The molecular weight excluding hydrogens is 276 g/mol. The number of nitrogens with one attached hydrogen (secondary N) is 1. The van der Waals surface area contributed by atoms with Gasteiger partial charge in [-0.15, -0.1) is 5.10 Å². The lowest BCUT2D eigenvalue weighted by atomic mass is 10.1. The van der Waals surface area contributed by atoms with Crippen molar-refractivity contribution < 1.29 is 0 Å². The summed E-state index contributed by atoms with van der Waals surface area (Å²) in [7, 11) is 0. The fraction of sp³-hybridized carbons (Fsp3) is 0.375. The lowest BCUT2D eigenvalue weighted by Crippen LogP contribution is -2.17. The third-order valence-corrected chi connectivity index (χ3v) is 3.69. The third-order valence-electron chi connectivity index (χ3n) is 3.69. The largest absolute Gasteiger partial charge is 0.366 e. The molecule has 0 spiro atoms. The van der Waals surface area contributed by atoms with Gasteiger partial charge in [-0.2, -0.15) is 0 Å². The Hall–Kier alpha value is -2.50. The molecule has 0 saturated carbocycles. The standard InChI is InChI=1S/C16H20N6/c1-3-22-16-14(20-21-22)15(17-11-18-16)19-12(2)9-10-13-7-5-4-6-8-13/h4-8,11-12H,3,9-10H2,1-2H3,(H,17,18,19)/t12-/m0/s1. The van der Waals surface area contributed by atoms with Crippen LogP contribution in [0, 0.1) is 0 Å². The van der Waals surface area contributed by atoms with Gasteiger partial charge in [0.2, 0.25) is 0 Å². The normalized spacial score (nSPS) is 12.5. The third kappa shape index (κ3) is 3.05. The number of nitrogens with zero attached hydrogens (tertiary/aromatic N) is 5. The van der Waals surface area contributed by atoms with E-state index in [0.717, 1.165) is 36.4 Å². The number of aromatic nitrogens is 5. The first-order valence-corrected chi connectivity index (χ1v) is 7.62. The zero-order chi connectivity index (χ0) is 15.4. The molecule has 0 aliphatic rings. The lowest BCUT2D eigenvalue weighted by Gasteiger charge is -2.14. The van der Waals surface area contributed by atoms with Crippen LogP contribution >= 0.6 is 0 Å². The van der Waals surface area contributed by atoms with E-state index in [4.69, 9.17) is 0 Å². The Bertz CT molecular complexity index is 737. The zero-order valence-corrected chi connectivity index (χ0v) is 12.9. The predicted molar refractivity (Wildman–Crippen MR) is 86.6 cm³/mol. The van der Waals surface area contributed by atoms with Gasteiger partial charge in [-0.25, -0.2) is 14.6 Å². The van der Waals surface area contributed by atoms with E-state index in [9.17, 15) is 0 Å². The molecule has 1 aromatic carbocycles. The van der Waals surface area contributed by atoms with Crippen molar-refractivity contribution in [3.05, 3.63) is 42.2 Å². The summed E-state index contributed by atoms with van der Waals surface area (Å²) < 4.78 is 1.77. The van der Waals surface area contributed by atoms with Crippen LogP contribution in [-0.4, -0.2) is 31.0 Å². The Labute approximate surface area is 129 Å². The molecule has 2 aromatic heterocycles. The average molecular weight is 296 g/mol. The highest BCUT2D eigenvalue weighted by atomic mass is 15.4. The second kappa shape index (κ2) is 6.51. The molecule has 1 N–H and O–H groups in total. The van der Waals surface area contributed by atoms with Gasteiger partial charge in [0.15, 0.2) is 17.0 Å². The molecule has 3 aromatic rings. The van der Waals surface area contributed by atoms with Crippen molar-refractivity contribution in [3.63, 3.8) is 0 Å². The van der Waals surface area contributed by atoms with Crippen LogP contribution in [0.3, 0.4) is 0 Å². The Morgan fingerprint density at radius 1 is 1.18 bits per heavy atom. The molecule has 3 rings (SSSR count). The molecule has 6 heteroatoms. The van der Waals surface area contributed by atoms with Gasteiger partial charge in [0.25, 0.3) is 0 Å². The Morgan fingerprint density at radius 2 is 2.00 bits per heavy atom. The van der Waals surface area contributed by atoms with Gasteiger partial charge >= 0.3 is 0 Å². The molecule has 114 valence electrons. The summed E-state index contributed by atoms with van der Waals surface area (Å²) in [6.07, 6.45) is 3.62. The van der Waals surface area contributed by atoms with Gasteiger partial charge in [-0.05, 0) is 32.3 Å². The first kappa shape index (κ1) is 14.4. The second-order valence-corrected chi connectivity index (χ2v) is 5.37. The first-order valence-electron chi connectivity index (χ1n) is 7.62. The van der Waals surface area contributed by atoms with E-state index < -0.39 is 0 Å². The molecule has 0 aliphatic carbocycles. The second-order valence-electron chi connectivity index (χ2n) is 5.37. The van der Waals surface area contributed by atoms with Crippen LogP contribution in [-0.2, 0) is 13.0 Å². The molecule has 0 radical (unpaired) electrons. The highest BCUT2D eigenvalue weighted by Gasteiger charge is 2.12. The molecule has 0 saturated heterocycles. The van der Waals surface area contributed by atoms with Crippen LogP contribution in [0.1, 0.15) is 25.8 Å². The summed E-state index contributed by atoms with van der Waals surface area (Å²) in [6.45, 7) is 4.92. The Morgan fingerprint density at radius 3 is 2.77 bits per heavy atom. The van der Waals surface area contributed by atoms with Crippen molar-refractivity contribution in [2.45, 2.75) is 39.3 Å². The fourth-order valence-corrected chi connectivity index (χ4v) is 2.44. The van der Waals surface area contributed by atoms with Crippen LogP contribution in [0.25, 0.3) is 11.2 Å². The lowest BCUT2D eigenvalue weighted by molar-refractivity contribution is 0.641. The minimum atomic E-state index is 0.296. The van der Waals surface area contributed by atoms with Gasteiger partial charge in [0.1, 0.15) is 6.33 Å². The summed E-state index contributed by atoms with van der Waals surface area (Å²) in [4.78, 5) is 8.57. The molecule has 0 unspecified atom stereocenters. The monoisotopic (exact) mass is 296 g/mol. The van der Waals surface area contributed by atoms with Crippen molar-refractivity contribution in [2.75, 3.05) is 5.32 Å². The maximum atomic E-state index is 4.31. The maximum Gasteiger partial charge on any atom is 0.183 e. The van der Waals surface area contributed by atoms with E-state index in [1.54, 1.807) is 11.0 Å². The highest BCUT2D eigenvalue weighted by molar-refractivity contribution is 5.81. The van der Waals surface area contributed by atoms with Crippen molar-refractivity contribution in [2.24, 2.45) is 0 Å². The van der Waals surface area contributed by atoms with E-state index in [1.807, 2.05) is 13.0 Å². The number of rotatable bonds is 6. The molecule has 1 atom stereocenters. The minimum absolute atomic E-state index is 0.296. The maximum absolute atomic E-state index is 4.31. The summed E-state index contributed by atoms with van der Waals surface area (Å²) in [5.74, 6) is 0.755. The summed E-state index contributed by atoms with van der Waals surface area (Å²) >= 11 is 0. The van der Waals surface area contributed by atoms with E-state index >= 15 is 0 Å². The van der Waals surface area contributed by atoms with Crippen LogP contribution in [0.2, 0.25) is 0 Å². The van der Waals surface area contributed by atoms with Gasteiger partial charge in [-0.1, -0.05) is 35.5 Å². The van der Waals surface area contributed by atoms with Crippen LogP contribution < -0.4 is 5.32 Å². The summed E-state index contributed by atoms with van der Waals surface area (Å²) in [6, 6.07) is 10.8. The molecule has 0 amide bonds. The van der Waals surface area contributed by atoms with Gasteiger partial charge < -0.3 is 5.32 Å². The number of anilines is 1. The highest BCUT2D eigenvalue weighted by Crippen LogP contribution is 2.17. The molecule has 0 fully saturated rings. The van der Waals surface area contributed by atoms with E-state index in [2.05, 4.69) is 56.8 Å². The molecule has 0 bridgehead atoms. The van der Waals surface area contributed by atoms with E-state index in [-0.39, 0.29) is 0 Å². The minimum Gasteiger partial charge on any atom is -0.366 e. The van der Waals surface area contributed by atoms with Crippen LogP contribution in [0.5, 0.6) is 0 Å². The van der Waals surface area contributed by atoms with Gasteiger partial charge in [-0.3, -0.25) is 0 Å². The van der Waals surface area contributed by atoms with Crippen molar-refractivity contribution >= 4 is 17.0 Å². The zero-order valence-electron chi connectivity index (χ0n) is 12.9. The van der Waals surface area contributed by atoms with E-state index in [1.165, 1.54) is 5.56 Å². The van der Waals surface area contributed by atoms with Crippen LogP contribution in [0.15, 0.2) is 36.7 Å². The Kier molecular flexibility index (Phi) is 4.27. The van der Waals surface area contributed by atoms with Crippen molar-refractivity contribution in [3.8, 4) is 0 Å². The number of hydrogen-bond acceptors (Lipinski definition) is 5. The number of benzene rings is 1. The number of hydrogen-bond donors (Lipinski definition) is 1. The topological polar surface area (TPSA) is 68.5 Å². The smallest absolute Gasteiger partial charge is 0.183 e. The molecule has 22 heavy (non-hydrogen) atoms.